The van der Waals surface area contributed by atoms with Gasteiger partial charge in [-0.15, -0.1) is 0 Å². The first-order valence-electron chi connectivity index (χ1n) is 8.76. The van der Waals surface area contributed by atoms with Gasteiger partial charge in [-0.25, -0.2) is 0 Å². The van der Waals surface area contributed by atoms with Crippen LogP contribution in [0.15, 0.2) is 0 Å². The quantitative estimate of drug-likeness (QED) is 0.768. The average molecular weight is 331 g/mol. The SMILES string of the molecule is O=C1[C@H](N2C[C@@H]3CN4CCCC[C@H]4[C@H]3C2)CCN1CC(F)(F)F. The number of alkyl halides is 3. The molecule has 4 fully saturated rings. The van der Waals surface area contributed by atoms with E-state index in [9.17, 15) is 18.0 Å². The average Bonchev–Trinajstić information content (AvgIpc) is 3.11. The predicted molar refractivity (Wildman–Crippen MR) is 78.8 cm³/mol. The Morgan fingerprint density at radius 1 is 1.00 bits per heavy atom. The van der Waals surface area contributed by atoms with Gasteiger partial charge in [0, 0.05) is 32.2 Å². The Hall–Kier alpha value is -0.820. The summed E-state index contributed by atoms with van der Waals surface area (Å²) in [4.78, 5) is 18.1. The molecule has 0 bridgehead atoms. The maximum Gasteiger partial charge on any atom is 0.406 e. The number of carbonyl (C=O) groups excluding carboxylic acids is 1. The highest BCUT2D eigenvalue weighted by molar-refractivity contribution is 5.84. The molecular weight excluding hydrogens is 307 g/mol. The summed E-state index contributed by atoms with van der Waals surface area (Å²) in [5, 5.41) is 0. The van der Waals surface area contributed by atoms with E-state index in [0.717, 1.165) is 24.5 Å². The lowest BCUT2D eigenvalue weighted by Crippen LogP contribution is -2.45. The molecule has 0 spiro atoms. The molecule has 4 rings (SSSR count). The van der Waals surface area contributed by atoms with E-state index >= 15 is 0 Å². The van der Waals surface area contributed by atoms with E-state index < -0.39 is 12.7 Å². The number of amides is 1. The highest BCUT2D eigenvalue weighted by Crippen LogP contribution is 2.41. The molecule has 0 radical (unpaired) electrons. The maximum atomic E-state index is 12.5. The molecule has 0 N–H and O–H groups in total. The van der Waals surface area contributed by atoms with Crippen molar-refractivity contribution < 1.29 is 18.0 Å². The smallest absolute Gasteiger partial charge is 0.332 e. The van der Waals surface area contributed by atoms with Gasteiger partial charge in [-0.2, -0.15) is 13.2 Å². The molecule has 4 nitrogen and oxygen atoms in total. The van der Waals surface area contributed by atoms with Crippen molar-refractivity contribution in [3.05, 3.63) is 0 Å². The summed E-state index contributed by atoms with van der Waals surface area (Å²) in [5.74, 6) is 0.894. The van der Waals surface area contributed by atoms with Gasteiger partial charge in [0.1, 0.15) is 6.54 Å². The van der Waals surface area contributed by atoms with E-state index in [1.807, 2.05) is 0 Å². The minimum absolute atomic E-state index is 0.240. The molecule has 0 saturated carbocycles. The van der Waals surface area contributed by atoms with E-state index in [4.69, 9.17) is 0 Å². The van der Waals surface area contributed by atoms with Crippen LogP contribution in [0.25, 0.3) is 0 Å². The normalized spacial score (nSPS) is 39.1. The number of hydrogen-bond donors (Lipinski definition) is 0. The van der Waals surface area contributed by atoms with Crippen LogP contribution in [-0.4, -0.2) is 78.1 Å². The Kier molecular flexibility index (Phi) is 3.83. The van der Waals surface area contributed by atoms with Crippen molar-refractivity contribution in [2.45, 2.75) is 43.9 Å². The molecule has 130 valence electrons. The zero-order valence-corrected chi connectivity index (χ0v) is 13.3. The Labute approximate surface area is 134 Å². The number of hydrogen-bond acceptors (Lipinski definition) is 3. The van der Waals surface area contributed by atoms with Crippen molar-refractivity contribution in [1.82, 2.24) is 14.7 Å². The van der Waals surface area contributed by atoms with E-state index in [2.05, 4.69) is 9.80 Å². The third kappa shape index (κ3) is 2.86. The molecule has 1 amide bonds. The van der Waals surface area contributed by atoms with E-state index in [-0.39, 0.29) is 18.5 Å². The maximum absolute atomic E-state index is 12.5. The third-order valence-corrected chi connectivity index (χ3v) is 6.23. The summed E-state index contributed by atoms with van der Waals surface area (Å²) < 4.78 is 37.6. The summed E-state index contributed by atoms with van der Waals surface area (Å²) in [6.45, 7) is 3.22. The standard InChI is InChI=1S/C16H24F3N3O/c17-16(18,19)10-21-6-4-14(15(21)23)22-8-11-7-20-5-2-1-3-13(20)12(11)9-22/h11-14H,1-10H2/t11-,12-,13-,14+/m0/s1. The molecule has 4 aliphatic rings. The Morgan fingerprint density at radius 2 is 1.78 bits per heavy atom. The number of halogens is 3. The van der Waals surface area contributed by atoms with Crippen LogP contribution >= 0.6 is 0 Å². The molecule has 0 aromatic heterocycles. The van der Waals surface area contributed by atoms with Crippen LogP contribution in [0.2, 0.25) is 0 Å². The van der Waals surface area contributed by atoms with Crippen LogP contribution in [0.5, 0.6) is 0 Å². The fraction of sp³-hybridized carbons (Fsp3) is 0.938. The molecule has 4 heterocycles. The van der Waals surface area contributed by atoms with Crippen molar-refractivity contribution in [1.29, 1.82) is 0 Å². The van der Waals surface area contributed by atoms with E-state index in [1.165, 1.54) is 25.8 Å². The lowest BCUT2D eigenvalue weighted by molar-refractivity contribution is -0.159. The molecule has 4 aliphatic heterocycles. The van der Waals surface area contributed by atoms with Gasteiger partial charge in [0.2, 0.25) is 5.91 Å². The van der Waals surface area contributed by atoms with E-state index in [1.54, 1.807) is 0 Å². The van der Waals surface area contributed by atoms with Gasteiger partial charge in [-0.05, 0) is 37.6 Å². The molecule has 4 atom stereocenters. The molecule has 0 aromatic carbocycles. The number of nitrogens with zero attached hydrogens (tertiary/aromatic N) is 3. The Bertz CT molecular complexity index is 484. The summed E-state index contributed by atoms with van der Waals surface area (Å²) in [6.07, 6.45) is 0.0600. The number of likely N-dealkylation sites (tertiary alicyclic amines) is 2. The van der Waals surface area contributed by atoms with Crippen molar-refractivity contribution in [3.63, 3.8) is 0 Å². The lowest BCUT2D eigenvalue weighted by Gasteiger charge is -2.34. The first-order chi connectivity index (χ1) is 10.9. The highest BCUT2D eigenvalue weighted by Gasteiger charge is 2.51. The minimum Gasteiger partial charge on any atom is -0.332 e. The first kappa shape index (κ1) is 15.7. The van der Waals surface area contributed by atoms with Crippen LogP contribution in [0.3, 0.4) is 0 Å². The molecule has 0 unspecified atom stereocenters. The third-order valence-electron chi connectivity index (χ3n) is 6.23. The van der Waals surface area contributed by atoms with Crippen molar-refractivity contribution in [3.8, 4) is 0 Å². The highest BCUT2D eigenvalue weighted by atomic mass is 19.4. The monoisotopic (exact) mass is 331 g/mol. The predicted octanol–water partition coefficient (Wildman–Crippen LogP) is 1.57. The topological polar surface area (TPSA) is 26.8 Å². The largest absolute Gasteiger partial charge is 0.406 e. The number of piperidine rings is 1. The molecule has 23 heavy (non-hydrogen) atoms. The van der Waals surface area contributed by atoms with Gasteiger partial charge < -0.3 is 4.90 Å². The van der Waals surface area contributed by atoms with Gasteiger partial charge >= 0.3 is 6.18 Å². The van der Waals surface area contributed by atoms with Gasteiger partial charge in [-0.1, -0.05) is 6.42 Å². The van der Waals surface area contributed by atoms with Crippen molar-refractivity contribution >= 4 is 5.91 Å². The molecule has 0 aromatic rings. The van der Waals surface area contributed by atoms with Crippen LogP contribution in [0.4, 0.5) is 13.2 Å². The molecule has 7 heteroatoms. The second kappa shape index (κ2) is 5.62. The summed E-state index contributed by atoms with van der Waals surface area (Å²) in [5.41, 5.74) is 0. The van der Waals surface area contributed by atoms with Gasteiger partial charge in [0.15, 0.2) is 0 Å². The Balaban J connectivity index is 1.39. The zero-order chi connectivity index (χ0) is 16.2. The van der Waals surface area contributed by atoms with Crippen molar-refractivity contribution in [2.75, 3.05) is 39.3 Å². The Morgan fingerprint density at radius 3 is 2.57 bits per heavy atom. The van der Waals surface area contributed by atoms with Crippen molar-refractivity contribution in [2.24, 2.45) is 11.8 Å². The minimum atomic E-state index is -4.30. The van der Waals surface area contributed by atoms with Crippen LogP contribution in [0, 0.1) is 11.8 Å². The molecule has 0 aliphatic carbocycles. The number of rotatable bonds is 2. The van der Waals surface area contributed by atoms with Gasteiger partial charge in [0.25, 0.3) is 0 Å². The molecule has 4 saturated heterocycles. The van der Waals surface area contributed by atoms with Gasteiger partial charge in [0.05, 0.1) is 6.04 Å². The number of carbonyl (C=O) groups is 1. The van der Waals surface area contributed by atoms with Crippen LogP contribution in [0.1, 0.15) is 25.7 Å². The summed E-state index contributed by atoms with van der Waals surface area (Å²) >= 11 is 0. The zero-order valence-electron chi connectivity index (χ0n) is 13.3. The summed E-state index contributed by atoms with van der Waals surface area (Å²) in [6, 6.07) is 0.321. The lowest BCUT2D eigenvalue weighted by atomic mass is 9.90. The summed E-state index contributed by atoms with van der Waals surface area (Å²) in [7, 11) is 0. The van der Waals surface area contributed by atoms with Crippen LogP contribution < -0.4 is 0 Å². The second-order valence-electron chi connectivity index (χ2n) is 7.62. The van der Waals surface area contributed by atoms with Gasteiger partial charge in [-0.3, -0.25) is 14.6 Å². The fourth-order valence-corrected chi connectivity index (χ4v) is 5.28. The first-order valence-corrected chi connectivity index (χ1v) is 8.76. The number of fused-ring (bicyclic) bond motifs is 3. The van der Waals surface area contributed by atoms with E-state index in [0.29, 0.717) is 24.3 Å². The van der Waals surface area contributed by atoms with Crippen LogP contribution in [-0.2, 0) is 4.79 Å². The second-order valence-corrected chi connectivity index (χ2v) is 7.62. The fourth-order valence-electron chi connectivity index (χ4n) is 5.28. The molecular formula is C16H24F3N3O.